The van der Waals surface area contributed by atoms with Gasteiger partial charge in [-0.1, -0.05) is 24.3 Å². The second-order valence-electron chi connectivity index (χ2n) is 7.23. The van der Waals surface area contributed by atoms with Gasteiger partial charge in [-0.15, -0.1) is 0 Å². The Morgan fingerprint density at radius 1 is 1.30 bits per heavy atom. The maximum Gasteiger partial charge on any atom is 0.254 e. The zero-order chi connectivity index (χ0) is 19.1. The van der Waals surface area contributed by atoms with E-state index >= 15 is 0 Å². The number of ether oxygens (including phenoxy) is 1. The van der Waals surface area contributed by atoms with Crippen LogP contribution in [0.25, 0.3) is 5.65 Å². The summed E-state index contributed by atoms with van der Waals surface area (Å²) >= 11 is 0. The number of nitrogens with zero attached hydrogens (tertiary/aromatic N) is 3. The lowest BCUT2D eigenvalue weighted by Gasteiger charge is -2.27. The lowest BCUT2D eigenvalue weighted by atomic mass is 9.99. The van der Waals surface area contributed by atoms with E-state index < -0.39 is 0 Å². The van der Waals surface area contributed by atoms with Gasteiger partial charge in [-0.05, 0) is 31.0 Å². The molecule has 6 nitrogen and oxygen atoms in total. The van der Waals surface area contributed by atoms with Crippen molar-refractivity contribution in [3.63, 3.8) is 0 Å². The van der Waals surface area contributed by atoms with Crippen LogP contribution in [0.4, 0.5) is 5.69 Å². The molecule has 1 aromatic carbocycles. The van der Waals surface area contributed by atoms with Crippen LogP contribution >= 0.6 is 0 Å². The molecule has 0 saturated heterocycles. The molecule has 0 fully saturated rings. The second-order valence-corrected chi connectivity index (χ2v) is 7.23. The largest absolute Gasteiger partial charge is 0.374 e. The summed E-state index contributed by atoms with van der Waals surface area (Å²) in [4.78, 5) is 18.9. The summed E-state index contributed by atoms with van der Waals surface area (Å²) in [5.74, 6) is -0.0361. The van der Waals surface area contributed by atoms with Gasteiger partial charge in [0.1, 0.15) is 0 Å². The maximum atomic E-state index is 12.6. The van der Waals surface area contributed by atoms with Gasteiger partial charge in [-0.25, -0.2) is 4.98 Å². The van der Waals surface area contributed by atoms with Gasteiger partial charge in [0.05, 0.1) is 36.2 Å². The van der Waals surface area contributed by atoms with Crippen LogP contribution in [0.1, 0.15) is 38.9 Å². The first-order valence-corrected chi connectivity index (χ1v) is 9.08. The molecule has 0 bridgehead atoms. The standard InChI is InChI=1S/C21H24N4O2/c1-13-14(2)25-10-16(21(26)24(3)4)9-18(20(25)22-13)23-19-12-27-11-15-7-5-6-8-17(15)19/h5-10,19,23H,11-12H2,1-4H3. The molecule has 2 aromatic heterocycles. The number of rotatable bonds is 3. The lowest BCUT2D eigenvalue weighted by Crippen LogP contribution is -2.25. The number of carbonyl (C=O) groups is 1. The predicted octanol–water partition coefficient (Wildman–Crippen LogP) is 3.34. The number of pyridine rings is 1. The Balaban J connectivity index is 1.81. The zero-order valence-corrected chi connectivity index (χ0v) is 16.1. The Bertz CT molecular complexity index is 1020. The van der Waals surface area contributed by atoms with E-state index in [1.54, 1.807) is 19.0 Å². The Labute approximate surface area is 158 Å². The molecule has 0 aliphatic carbocycles. The van der Waals surface area contributed by atoms with Gasteiger partial charge in [0.2, 0.25) is 0 Å². The smallest absolute Gasteiger partial charge is 0.254 e. The number of nitrogens with one attached hydrogen (secondary N) is 1. The van der Waals surface area contributed by atoms with Crippen LogP contribution in [0.2, 0.25) is 0 Å². The average molecular weight is 364 g/mol. The second kappa shape index (κ2) is 6.70. The van der Waals surface area contributed by atoms with Gasteiger partial charge in [0.25, 0.3) is 5.91 Å². The first-order chi connectivity index (χ1) is 13.0. The first-order valence-electron chi connectivity index (χ1n) is 9.08. The van der Waals surface area contributed by atoms with Crippen molar-refractivity contribution in [1.29, 1.82) is 0 Å². The highest BCUT2D eigenvalue weighted by Gasteiger charge is 2.23. The Hall–Kier alpha value is -2.86. The monoisotopic (exact) mass is 364 g/mol. The topological polar surface area (TPSA) is 58.9 Å². The summed E-state index contributed by atoms with van der Waals surface area (Å²) in [5, 5.41) is 3.58. The number of aromatic nitrogens is 2. The van der Waals surface area contributed by atoms with Gasteiger partial charge >= 0.3 is 0 Å². The third-order valence-corrected chi connectivity index (χ3v) is 5.15. The molecule has 4 rings (SSSR count). The molecule has 3 heterocycles. The van der Waals surface area contributed by atoms with Gasteiger partial charge in [-0.3, -0.25) is 4.79 Å². The fraction of sp³-hybridized carbons (Fsp3) is 0.333. The van der Waals surface area contributed by atoms with E-state index in [2.05, 4.69) is 17.4 Å². The Morgan fingerprint density at radius 2 is 2.07 bits per heavy atom. The summed E-state index contributed by atoms with van der Waals surface area (Å²) in [6.07, 6.45) is 1.86. The van der Waals surface area contributed by atoms with Crippen LogP contribution in [0.3, 0.4) is 0 Å². The van der Waals surface area contributed by atoms with Crippen molar-refractivity contribution in [3.05, 3.63) is 64.6 Å². The van der Waals surface area contributed by atoms with Crippen LogP contribution in [0.5, 0.6) is 0 Å². The molecular weight excluding hydrogens is 340 g/mol. The minimum atomic E-state index is -0.0361. The van der Waals surface area contributed by atoms with E-state index in [1.807, 2.05) is 42.6 Å². The normalized spacial score (nSPS) is 16.2. The number of hydrogen-bond acceptors (Lipinski definition) is 4. The maximum absolute atomic E-state index is 12.6. The van der Waals surface area contributed by atoms with Crippen LogP contribution in [-0.2, 0) is 11.3 Å². The van der Waals surface area contributed by atoms with Crippen molar-refractivity contribution in [1.82, 2.24) is 14.3 Å². The molecule has 0 spiro atoms. The molecule has 1 amide bonds. The molecule has 1 aliphatic rings. The van der Waals surface area contributed by atoms with Crippen LogP contribution in [-0.4, -0.2) is 40.9 Å². The summed E-state index contributed by atoms with van der Waals surface area (Å²) in [6, 6.07) is 10.2. The molecule has 1 unspecified atom stereocenters. The van der Waals surface area contributed by atoms with E-state index in [9.17, 15) is 4.79 Å². The SMILES string of the molecule is Cc1nc2c(NC3COCc4ccccc43)cc(C(=O)N(C)C)cn2c1C. The summed E-state index contributed by atoms with van der Waals surface area (Å²) in [6.45, 7) is 5.21. The van der Waals surface area contributed by atoms with Crippen molar-refractivity contribution >= 4 is 17.2 Å². The number of benzene rings is 1. The molecule has 3 aromatic rings. The molecule has 1 aliphatic heterocycles. The van der Waals surface area contributed by atoms with Crippen molar-refractivity contribution in [2.45, 2.75) is 26.5 Å². The zero-order valence-electron chi connectivity index (χ0n) is 16.1. The summed E-state index contributed by atoms with van der Waals surface area (Å²) < 4.78 is 7.76. The average Bonchev–Trinajstić information content (AvgIpc) is 2.96. The highest BCUT2D eigenvalue weighted by atomic mass is 16.5. The predicted molar refractivity (Wildman–Crippen MR) is 105 cm³/mol. The summed E-state index contributed by atoms with van der Waals surface area (Å²) in [5.41, 5.74) is 6.68. The Morgan fingerprint density at radius 3 is 2.85 bits per heavy atom. The number of aryl methyl sites for hydroxylation is 2. The molecule has 140 valence electrons. The van der Waals surface area contributed by atoms with E-state index in [0.29, 0.717) is 18.8 Å². The van der Waals surface area contributed by atoms with Crippen molar-refractivity contribution < 1.29 is 9.53 Å². The van der Waals surface area contributed by atoms with E-state index in [-0.39, 0.29) is 11.9 Å². The lowest BCUT2D eigenvalue weighted by molar-refractivity contribution is 0.0827. The number of anilines is 1. The highest BCUT2D eigenvalue weighted by Crippen LogP contribution is 2.30. The first kappa shape index (κ1) is 17.5. The molecule has 1 atom stereocenters. The van der Waals surface area contributed by atoms with Gasteiger partial charge < -0.3 is 19.4 Å². The number of carbonyl (C=O) groups excluding carboxylic acids is 1. The third kappa shape index (κ3) is 3.06. The van der Waals surface area contributed by atoms with E-state index in [1.165, 1.54) is 11.1 Å². The number of imidazole rings is 1. The number of amides is 1. The molecule has 1 N–H and O–H groups in total. The van der Waals surface area contributed by atoms with Crippen molar-refractivity contribution in [2.75, 3.05) is 26.0 Å². The number of fused-ring (bicyclic) bond motifs is 2. The van der Waals surface area contributed by atoms with E-state index in [0.717, 1.165) is 22.7 Å². The van der Waals surface area contributed by atoms with Gasteiger partial charge in [0, 0.05) is 26.0 Å². The fourth-order valence-corrected chi connectivity index (χ4v) is 3.54. The molecule has 0 saturated carbocycles. The summed E-state index contributed by atoms with van der Waals surface area (Å²) in [7, 11) is 3.52. The van der Waals surface area contributed by atoms with Crippen molar-refractivity contribution in [2.24, 2.45) is 0 Å². The van der Waals surface area contributed by atoms with Crippen LogP contribution < -0.4 is 5.32 Å². The number of hydrogen-bond donors (Lipinski definition) is 1. The van der Waals surface area contributed by atoms with Crippen molar-refractivity contribution in [3.8, 4) is 0 Å². The quantitative estimate of drug-likeness (QED) is 0.774. The van der Waals surface area contributed by atoms with Crippen LogP contribution in [0.15, 0.2) is 36.5 Å². The molecule has 0 radical (unpaired) electrons. The third-order valence-electron chi connectivity index (χ3n) is 5.15. The highest BCUT2D eigenvalue weighted by molar-refractivity contribution is 5.95. The van der Waals surface area contributed by atoms with Crippen LogP contribution in [0, 0.1) is 13.8 Å². The fourth-order valence-electron chi connectivity index (χ4n) is 3.54. The van der Waals surface area contributed by atoms with Gasteiger partial charge in [-0.2, -0.15) is 0 Å². The minimum Gasteiger partial charge on any atom is -0.374 e. The minimum absolute atomic E-state index is 0.0146. The molecular formula is C21H24N4O2. The van der Waals surface area contributed by atoms with E-state index in [4.69, 9.17) is 9.72 Å². The molecule has 27 heavy (non-hydrogen) atoms. The molecule has 6 heteroatoms. The van der Waals surface area contributed by atoms with Gasteiger partial charge in [0.15, 0.2) is 5.65 Å². The Kier molecular flexibility index (Phi) is 4.36.